The average molecular weight is 497 g/mol. The van der Waals surface area contributed by atoms with Crippen molar-refractivity contribution in [3.8, 4) is 11.5 Å². The van der Waals surface area contributed by atoms with E-state index in [-0.39, 0.29) is 37.4 Å². The molecule has 1 atom stereocenters. The van der Waals surface area contributed by atoms with Crippen molar-refractivity contribution in [3.05, 3.63) is 83.2 Å². The summed E-state index contributed by atoms with van der Waals surface area (Å²) < 4.78 is 23.9. The summed E-state index contributed by atoms with van der Waals surface area (Å²) in [5.41, 5.74) is 1.51. The number of nitrogens with zero attached hydrogens (tertiary/aromatic N) is 1. The highest BCUT2D eigenvalue weighted by atomic mass is 19.1. The largest absolute Gasteiger partial charge is 0.493 e. The second kappa shape index (κ2) is 12.5. The molecule has 0 bridgehead atoms. The first-order chi connectivity index (χ1) is 17.3. The molecule has 2 aromatic carbocycles. The monoisotopic (exact) mass is 496 g/mol. The van der Waals surface area contributed by atoms with Crippen LogP contribution < -0.4 is 14.8 Å². The molecule has 36 heavy (non-hydrogen) atoms. The Morgan fingerprint density at radius 1 is 1.19 bits per heavy atom. The molecule has 0 radical (unpaired) electrons. The van der Waals surface area contributed by atoms with Crippen molar-refractivity contribution in [2.24, 2.45) is 10.9 Å². The molecule has 0 heterocycles. The summed E-state index contributed by atoms with van der Waals surface area (Å²) in [5, 5.41) is 23.1. The fraction of sp³-hybridized carbons (Fsp3) is 0.357. The first kappa shape index (κ1) is 27.1. The number of aliphatic imine (C=N–C) groups is 1. The van der Waals surface area contributed by atoms with E-state index in [9.17, 15) is 14.3 Å². The Balaban J connectivity index is 1.69. The lowest BCUT2D eigenvalue weighted by Gasteiger charge is -2.25. The molecule has 192 valence electrons. The number of rotatable bonds is 12. The number of halogens is 1. The Labute approximate surface area is 211 Å². The molecular formula is C28H33FN2O5. The van der Waals surface area contributed by atoms with Crippen LogP contribution in [0.25, 0.3) is 0 Å². The zero-order chi connectivity index (χ0) is 26.1. The van der Waals surface area contributed by atoms with Crippen molar-refractivity contribution < 1.29 is 28.9 Å². The number of hydrogen-bond acceptors (Lipinski definition) is 6. The molecular weight excluding hydrogens is 463 g/mol. The number of amides is 1. The van der Waals surface area contributed by atoms with E-state index in [0.29, 0.717) is 22.8 Å². The molecule has 1 aliphatic carbocycles. The highest BCUT2D eigenvalue weighted by molar-refractivity contribution is 6.09. The van der Waals surface area contributed by atoms with E-state index in [4.69, 9.17) is 14.6 Å². The molecule has 0 spiro atoms. The van der Waals surface area contributed by atoms with Gasteiger partial charge >= 0.3 is 0 Å². The van der Waals surface area contributed by atoms with Gasteiger partial charge in [-0.1, -0.05) is 12.2 Å². The van der Waals surface area contributed by atoms with Crippen LogP contribution in [0.4, 0.5) is 4.39 Å². The maximum absolute atomic E-state index is 13.2. The van der Waals surface area contributed by atoms with Crippen LogP contribution in [0.15, 0.2) is 71.3 Å². The average Bonchev–Trinajstić information content (AvgIpc) is 3.75. The number of allylic oxidation sites excluding steroid dienone is 3. The maximum Gasteiger partial charge on any atom is 0.251 e. The van der Waals surface area contributed by atoms with E-state index in [1.54, 1.807) is 43.5 Å². The number of methoxy groups -OCH3 is 1. The zero-order valence-electron chi connectivity index (χ0n) is 20.8. The van der Waals surface area contributed by atoms with Crippen LogP contribution in [0, 0.1) is 11.7 Å². The van der Waals surface area contributed by atoms with Gasteiger partial charge in [0.25, 0.3) is 5.91 Å². The number of benzene rings is 2. The Bertz CT molecular complexity index is 1140. The van der Waals surface area contributed by atoms with Gasteiger partial charge in [0.1, 0.15) is 18.0 Å². The third-order valence-electron chi connectivity index (χ3n) is 5.97. The maximum atomic E-state index is 13.2. The smallest absolute Gasteiger partial charge is 0.251 e. The van der Waals surface area contributed by atoms with Gasteiger partial charge in [0.15, 0.2) is 11.5 Å². The fourth-order valence-corrected chi connectivity index (χ4v) is 3.77. The second-order valence-electron chi connectivity index (χ2n) is 8.72. The zero-order valence-corrected chi connectivity index (χ0v) is 20.8. The van der Waals surface area contributed by atoms with Gasteiger partial charge < -0.3 is 25.0 Å². The predicted molar refractivity (Wildman–Crippen MR) is 137 cm³/mol. The molecule has 1 unspecified atom stereocenters. The summed E-state index contributed by atoms with van der Waals surface area (Å²) in [6.07, 6.45) is 7.15. The van der Waals surface area contributed by atoms with Crippen molar-refractivity contribution >= 4 is 11.6 Å². The van der Waals surface area contributed by atoms with Crippen molar-refractivity contribution in [3.63, 3.8) is 0 Å². The second-order valence-corrected chi connectivity index (χ2v) is 8.72. The molecule has 1 fully saturated rings. The topological polar surface area (TPSA) is 100 Å². The Kier molecular flexibility index (Phi) is 9.38. The summed E-state index contributed by atoms with van der Waals surface area (Å²) >= 11 is 0. The summed E-state index contributed by atoms with van der Waals surface area (Å²) in [6, 6.07) is 10.9. The van der Waals surface area contributed by atoms with E-state index < -0.39 is 5.60 Å². The number of nitrogens with one attached hydrogen (secondary N) is 1. The first-order valence-corrected chi connectivity index (χ1v) is 11.8. The lowest BCUT2D eigenvalue weighted by Crippen LogP contribution is -2.43. The standard InChI is InChI=1S/C28H33FN2O5/c1-19(16-24(30-2)20-4-9-23(29)10-5-20)12-13-28(34,22-7-8-22)18-31-27(33)21-6-11-25(36-15-14-32)26(17-21)35-3/h4-6,9-13,16-17,22,32,34H,7-8,14-15,18H2,1-3H3,(H,31,33)/b13-12+,19-16-,30-24?. The summed E-state index contributed by atoms with van der Waals surface area (Å²) in [5.74, 6) is 0.207. The lowest BCUT2D eigenvalue weighted by atomic mass is 9.95. The first-order valence-electron chi connectivity index (χ1n) is 11.8. The highest BCUT2D eigenvalue weighted by Crippen LogP contribution is 2.40. The Morgan fingerprint density at radius 2 is 1.89 bits per heavy atom. The number of ether oxygens (including phenoxy) is 2. The Morgan fingerprint density at radius 3 is 2.50 bits per heavy atom. The minimum absolute atomic E-state index is 0.0536. The van der Waals surface area contributed by atoms with E-state index in [0.717, 1.165) is 24.0 Å². The predicted octanol–water partition coefficient (Wildman–Crippen LogP) is 3.70. The summed E-state index contributed by atoms with van der Waals surface area (Å²) in [7, 11) is 3.14. The third-order valence-corrected chi connectivity index (χ3v) is 5.97. The Hall–Kier alpha value is -3.49. The molecule has 1 amide bonds. The molecule has 3 N–H and O–H groups in total. The van der Waals surface area contributed by atoms with E-state index in [2.05, 4.69) is 10.3 Å². The number of aliphatic hydroxyl groups is 2. The molecule has 8 heteroatoms. The van der Waals surface area contributed by atoms with Crippen LogP contribution in [0.1, 0.15) is 35.7 Å². The fourth-order valence-electron chi connectivity index (χ4n) is 3.77. The minimum atomic E-state index is -1.20. The SMILES string of the molecule is CN=C(/C=C(C)\C=C\C(O)(CNC(=O)c1ccc(OCCO)c(OC)c1)C1CC1)c1ccc(F)cc1. The minimum Gasteiger partial charge on any atom is -0.493 e. The van der Waals surface area contributed by atoms with Gasteiger partial charge in [0, 0.05) is 12.6 Å². The van der Waals surface area contributed by atoms with Crippen molar-refractivity contribution in [2.45, 2.75) is 25.4 Å². The van der Waals surface area contributed by atoms with E-state index in [1.165, 1.54) is 19.2 Å². The third kappa shape index (κ3) is 7.26. The lowest BCUT2D eigenvalue weighted by molar-refractivity contribution is 0.0607. The van der Waals surface area contributed by atoms with Crippen molar-refractivity contribution in [2.75, 3.05) is 33.9 Å². The quantitative estimate of drug-likeness (QED) is 0.307. The van der Waals surface area contributed by atoms with Gasteiger partial charge in [0.05, 0.1) is 26.0 Å². The van der Waals surface area contributed by atoms with Crippen LogP contribution in [0.5, 0.6) is 11.5 Å². The number of aliphatic hydroxyl groups excluding tert-OH is 1. The molecule has 1 saturated carbocycles. The molecule has 2 aromatic rings. The van der Waals surface area contributed by atoms with Crippen LogP contribution >= 0.6 is 0 Å². The number of carbonyl (C=O) groups excluding carboxylic acids is 1. The van der Waals surface area contributed by atoms with Crippen molar-refractivity contribution in [1.29, 1.82) is 0 Å². The molecule has 0 saturated heterocycles. The van der Waals surface area contributed by atoms with Gasteiger partial charge in [0.2, 0.25) is 0 Å². The van der Waals surface area contributed by atoms with Crippen LogP contribution in [-0.4, -0.2) is 61.3 Å². The van der Waals surface area contributed by atoms with Gasteiger partial charge in [-0.25, -0.2) is 4.39 Å². The molecule has 3 rings (SSSR count). The van der Waals surface area contributed by atoms with Crippen LogP contribution in [0.2, 0.25) is 0 Å². The summed E-state index contributed by atoms with van der Waals surface area (Å²) in [6.45, 7) is 1.93. The molecule has 0 aliphatic heterocycles. The van der Waals surface area contributed by atoms with E-state index in [1.807, 2.05) is 19.1 Å². The van der Waals surface area contributed by atoms with Crippen LogP contribution in [-0.2, 0) is 0 Å². The van der Waals surface area contributed by atoms with Crippen molar-refractivity contribution in [1.82, 2.24) is 5.32 Å². The molecule has 0 aromatic heterocycles. The van der Waals surface area contributed by atoms with E-state index >= 15 is 0 Å². The molecule has 1 aliphatic rings. The van der Waals surface area contributed by atoms with Crippen LogP contribution in [0.3, 0.4) is 0 Å². The number of carbonyl (C=O) groups is 1. The number of hydrogen-bond donors (Lipinski definition) is 3. The van der Waals surface area contributed by atoms with Gasteiger partial charge in [-0.05, 0) is 85.4 Å². The highest BCUT2D eigenvalue weighted by Gasteiger charge is 2.42. The summed E-state index contributed by atoms with van der Waals surface area (Å²) in [4.78, 5) is 17.1. The normalized spacial score (nSPS) is 16.1. The van der Waals surface area contributed by atoms with Gasteiger partial charge in [-0.3, -0.25) is 9.79 Å². The van der Waals surface area contributed by atoms with Gasteiger partial charge in [-0.15, -0.1) is 0 Å². The molecule has 7 nitrogen and oxygen atoms in total. The van der Waals surface area contributed by atoms with Gasteiger partial charge in [-0.2, -0.15) is 0 Å².